The second-order valence-electron chi connectivity index (χ2n) is 6.41. The Morgan fingerprint density at radius 3 is 2.56 bits per heavy atom. The van der Waals surface area contributed by atoms with Gasteiger partial charge in [-0.3, -0.25) is 0 Å². The normalized spacial score (nSPS) is 11.4. The first-order valence-electron chi connectivity index (χ1n) is 7.94. The van der Waals surface area contributed by atoms with Gasteiger partial charge < -0.3 is 19.9 Å². The standard InChI is InChI=1S/C19H23ClFNO3/c1-19(2,12-23)22-10-13-4-7-17(18(8-13)24-3)25-11-14-5-6-15(21)9-16(14)20/h4-9,22-23H,10-12H2,1-3H3. The van der Waals surface area contributed by atoms with Crippen LogP contribution in [0.5, 0.6) is 11.5 Å². The summed E-state index contributed by atoms with van der Waals surface area (Å²) in [4.78, 5) is 0. The van der Waals surface area contributed by atoms with E-state index >= 15 is 0 Å². The van der Waals surface area contributed by atoms with Crippen LogP contribution in [0, 0.1) is 5.82 Å². The fourth-order valence-corrected chi connectivity index (χ4v) is 2.35. The predicted molar refractivity (Wildman–Crippen MR) is 96.7 cm³/mol. The van der Waals surface area contributed by atoms with E-state index in [2.05, 4.69) is 5.32 Å². The van der Waals surface area contributed by atoms with E-state index in [0.29, 0.717) is 28.6 Å². The van der Waals surface area contributed by atoms with Crippen LogP contribution in [0.15, 0.2) is 36.4 Å². The Hall–Kier alpha value is -1.82. The SMILES string of the molecule is COc1cc(CNC(C)(C)CO)ccc1OCc1ccc(F)cc1Cl. The van der Waals surface area contributed by atoms with Crippen molar-refractivity contribution >= 4 is 11.6 Å². The molecule has 0 bridgehead atoms. The summed E-state index contributed by atoms with van der Waals surface area (Å²) >= 11 is 6.01. The third-order valence-corrected chi connectivity index (χ3v) is 4.14. The summed E-state index contributed by atoms with van der Waals surface area (Å²) < 4.78 is 24.2. The molecule has 25 heavy (non-hydrogen) atoms. The number of halogens is 2. The minimum atomic E-state index is -0.381. The maximum Gasteiger partial charge on any atom is 0.161 e. The van der Waals surface area contributed by atoms with Crippen LogP contribution in [-0.4, -0.2) is 24.4 Å². The van der Waals surface area contributed by atoms with Crippen LogP contribution in [0.3, 0.4) is 0 Å². The monoisotopic (exact) mass is 367 g/mol. The van der Waals surface area contributed by atoms with Crippen molar-refractivity contribution in [3.8, 4) is 11.5 Å². The number of benzene rings is 2. The highest BCUT2D eigenvalue weighted by Gasteiger charge is 2.15. The van der Waals surface area contributed by atoms with E-state index in [1.165, 1.54) is 12.1 Å². The second-order valence-corrected chi connectivity index (χ2v) is 6.81. The number of aliphatic hydroxyl groups excluding tert-OH is 1. The van der Waals surface area contributed by atoms with Crippen molar-refractivity contribution in [2.75, 3.05) is 13.7 Å². The van der Waals surface area contributed by atoms with Gasteiger partial charge in [0.25, 0.3) is 0 Å². The third kappa shape index (κ3) is 5.59. The van der Waals surface area contributed by atoms with Crippen LogP contribution >= 0.6 is 11.6 Å². The fourth-order valence-electron chi connectivity index (χ4n) is 2.13. The molecule has 0 aliphatic carbocycles. The van der Waals surface area contributed by atoms with Gasteiger partial charge in [0.15, 0.2) is 11.5 Å². The molecule has 0 aliphatic heterocycles. The topological polar surface area (TPSA) is 50.7 Å². The Bertz CT molecular complexity index is 722. The van der Waals surface area contributed by atoms with E-state index in [9.17, 15) is 9.50 Å². The van der Waals surface area contributed by atoms with Gasteiger partial charge in [0, 0.05) is 17.6 Å². The lowest BCUT2D eigenvalue weighted by Gasteiger charge is -2.23. The molecule has 2 aromatic rings. The van der Waals surface area contributed by atoms with Crippen LogP contribution in [0.1, 0.15) is 25.0 Å². The van der Waals surface area contributed by atoms with Crippen LogP contribution in [0.25, 0.3) is 0 Å². The lowest BCUT2D eigenvalue weighted by molar-refractivity contribution is 0.187. The molecule has 0 saturated heterocycles. The third-order valence-electron chi connectivity index (χ3n) is 3.79. The van der Waals surface area contributed by atoms with Crippen molar-refractivity contribution in [3.05, 3.63) is 58.4 Å². The van der Waals surface area contributed by atoms with E-state index in [1.807, 2.05) is 32.0 Å². The van der Waals surface area contributed by atoms with Crippen molar-refractivity contribution < 1.29 is 19.0 Å². The first-order valence-corrected chi connectivity index (χ1v) is 8.32. The molecule has 0 aromatic heterocycles. The highest BCUT2D eigenvalue weighted by atomic mass is 35.5. The zero-order valence-electron chi connectivity index (χ0n) is 14.6. The predicted octanol–water partition coefficient (Wildman–Crippen LogP) is 3.93. The molecule has 0 unspecified atom stereocenters. The van der Waals surface area contributed by atoms with Crippen molar-refractivity contribution in [2.24, 2.45) is 0 Å². The molecule has 0 heterocycles. The Balaban J connectivity index is 2.06. The van der Waals surface area contributed by atoms with Gasteiger partial charge in [0.1, 0.15) is 12.4 Å². The van der Waals surface area contributed by atoms with Crippen molar-refractivity contribution in [1.82, 2.24) is 5.32 Å². The summed E-state index contributed by atoms with van der Waals surface area (Å²) in [5.41, 5.74) is 1.34. The number of nitrogens with one attached hydrogen (secondary N) is 1. The van der Waals surface area contributed by atoms with E-state index in [1.54, 1.807) is 13.2 Å². The molecule has 136 valence electrons. The Kier molecular flexibility index (Phi) is 6.64. The summed E-state index contributed by atoms with van der Waals surface area (Å²) in [5.74, 6) is 0.793. The van der Waals surface area contributed by atoms with Crippen molar-refractivity contribution in [2.45, 2.75) is 32.5 Å². The number of aliphatic hydroxyl groups is 1. The zero-order chi connectivity index (χ0) is 18.4. The van der Waals surface area contributed by atoms with Gasteiger partial charge in [-0.25, -0.2) is 4.39 Å². The number of ether oxygens (including phenoxy) is 2. The first kappa shape index (κ1) is 19.5. The lowest BCUT2D eigenvalue weighted by atomic mass is 10.1. The number of hydrogen-bond donors (Lipinski definition) is 2. The summed E-state index contributed by atoms with van der Waals surface area (Å²) in [6.07, 6.45) is 0. The molecule has 2 rings (SSSR count). The molecule has 0 atom stereocenters. The number of methoxy groups -OCH3 is 1. The number of hydrogen-bond acceptors (Lipinski definition) is 4. The maximum atomic E-state index is 13.1. The average Bonchev–Trinajstić information content (AvgIpc) is 2.59. The molecular formula is C19H23ClFNO3. The van der Waals surface area contributed by atoms with E-state index in [-0.39, 0.29) is 24.6 Å². The first-order chi connectivity index (χ1) is 11.8. The molecule has 0 amide bonds. The minimum absolute atomic E-state index is 0.0454. The smallest absolute Gasteiger partial charge is 0.161 e. The molecule has 0 spiro atoms. The minimum Gasteiger partial charge on any atom is -0.493 e. The molecule has 2 N–H and O–H groups in total. The van der Waals surface area contributed by atoms with Crippen LogP contribution in [0.2, 0.25) is 5.02 Å². The van der Waals surface area contributed by atoms with Crippen LogP contribution in [-0.2, 0) is 13.2 Å². The van der Waals surface area contributed by atoms with Crippen molar-refractivity contribution in [1.29, 1.82) is 0 Å². The Morgan fingerprint density at radius 1 is 1.16 bits per heavy atom. The van der Waals surface area contributed by atoms with Gasteiger partial charge in [-0.2, -0.15) is 0 Å². The molecule has 0 fully saturated rings. The lowest BCUT2D eigenvalue weighted by Crippen LogP contribution is -2.42. The highest BCUT2D eigenvalue weighted by Crippen LogP contribution is 2.30. The summed E-state index contributed by atoms with van der Waals surface area (Å²) in [6.45, 7) is 4.70. The van der Waals surface area contributed by atoms with Crippen LogP contribution in [0.4, 0.5) is 4.39 Å². The maximum absolute atomic E-state index is 13.1. The molecular weight excluding hydrogens is 345 g/mol. The van der Waals surface area contributed by atoms with Gasteiger partial charge in [0.05, 0.1) is 18.7 Å². The van der Waals surface area contributed by atoms with E-state index < -0.39 is 0 Å². The molecule has 0 saturated carbocycles. The van der Waals surface area contributed by atoms with Gasteiger partial charge in [0.2, 0.25) is 0 Å². The highest BCUT2D eigenvalue weighted by molar-refractivity contribution is 6.31. The van der Waals surface area contributed by atoms with Crippen LogP contribution < -0.4 is 14.8 Å². The molecule has 6 heteroatoms. The van der Waals surface area contributed by atoms with Gasteiger partial charge in [-0.1, -0.05) is 23.7 Å². The second kappa shape index (κ2) is 8.52. The van der Waals surface area contributed by atoms with E-state index in [0.717, 1.165) is 5.56 Å². The summed E-state index contributed by atoms with van der Waals surface area (Å²) in [6, 6.07) is 9.82. The zero-order valence-corrected chi connectivity index (χ0v) is 15.4. The summed E-state index contributed by atoms with van der Waals surface area (Å²) in [7, 11) is 1.57. The largest absolute Gasteiger partial charge is 0.493 e. The molecule has 4 nitrogen and oxygen atoms in total. The quantitative estimate of drug-likeness (QED) is 0.742. The number of rotatable bonds is 8. The van der Waals surface area contributed by atoms with Gasteiger partial charge >= 0.3 is 0 Å². The molecule has 0 radical (unpaired) electrons. The van der Waals surface area contributed by atoms with Gasteiger partial charge in [-0.15, -0.1) is 0 Å². The average molecular weight is 368 g/mol. The Labute approximate surface area is 152 Å². The van der Waals surface area contributed by atoms with E-state index in [4.69, 9.17) is 21.1 Å². The van der Waals surface area contributed by atoms with Gasteiger partial charge in [-0.05, 0) is 43.7 Å². The molecule has 0 aliphatic rings. The fraction of sp³-hybridized carbons (Fsp3) is 0.368. The summed E-state index contributed by atoms with van der Waals surface area (Å²) in [5, 5.41) is 12.9. The Morgan fingerprint density at radius 2 is 1.92 bits per heavy atom. The van der Waals surface area contributed by atoms with Crippen molar-refractivity contribution in [3.63, 3.8) is 0 Å². The molecule has 2 aromatic carbocycles.